The highest BCUT2D eigenvalue weighted by atomic mass is 14.3. The summed E-state index contributed by atoms with van der Waals surface area (Å²) < 4.78 is 0. The number of fused-ring (bicyclic) bond motifs is 6. The maximum atomic E-state index is 2.52. The Morgan fingerprint density at radius 2 is 0.446 bits per heavy atom. The maximum absolute atomic E-state index is 2.52. The van der Waals surface area contributed by atoms with Crippen molar-refractivity contribution < 1.29 is 0 Å². The fourth-order valence-corrected chi connectivity index (χ4v) is 13.1. The van der Waals surface area contributed by atoms with Crippen molar-refractivity contribution in [1.82, 2.24) is 0 Å². The highest BCUT2D eigenvalue weighted by Gasteiger charge is 2.28. The third-order valence-electron chi connectivity index (χ3n) is 16.3. The lowest BCUT2D eigenvalue weighted by Crippen LogP contribution is -1.99. The zero-order valence-corrected chi connectivity index (χ0v) is 40.4. The molecular formula is C74H44. The van der Waals surface area contributed by atoms with Crippen molar-refractivity contribution in [3.05, 3.63) is 267 Å². The van der Waals surface area contributed by atoms with E-state index in [1.165, 1.54) is 164 Å². The van der Waals surface area contributed by atoms with Gasteiger partial charge in [0.05, 0.1) is 0 Å². The predicted octanol–water partition coefficient (Wildman–Crippen LogP) is 20.9. The van der Waals surface area contributed by atoms with Crippen LogP contribution in [0.4, 0.5) is 0 Å². The first kappa shape index (κ1) is 41.0. The molecule has 0 N–H and O–H groups in total. The lowest BCUT2D eigenvalue weighted by atomic mass is 9.76. The fourth-order valence-electron chi connectivity index (χ4n) is 13.1. The Kier molecular flexibility index (Phi) is 8.84. The summed E-state index contributed by atoms with van der Waals surface area (Å²) in [6.45, 7) is 0. The molecule has 74 heavy (non-hydrogen) atoms. The van der Waals surface area contributed by atoms with Crippen molar-refractivity contribution in [3.63, 3.8) is 0 Å². The van der Waals surface area contributed by atoms with E-state index in [0.717, 1.165) is 0 Å². The largest absolute Gasteiger partial charge is 0.0622 e. The van der Waals surface area contributed by atoms with E-state index in [0.29, 0.717) is 0 Å². The van der Waals surface area contributed by atoms with Crippen LogP contribution in [0, 0.1) is 0 Å². The van der Waals surface area contributed by atoms with Crippen LogP contribution in [-0.4, -0.2) is 0 Å². The minimum Gasteiger partial charge on any atom is -0.0622 e. The van der Waals surface area contributed by atoms with Gasteiger partial charge in [-0.2, -0.15) is 0 Å². The lowest BCUT2D eigenvalue weighted by molar-refractivity contribution is 1.57. The van der Waals surface area contributed by atoms with E-state index in [-0.39, 0.29) is 0 Å². The van der Waals surface area contributed by atoms with Crippen molar-refractivity contribution in [1.29, 1.82) is 0 Å². The SMILES string of the molecule is c1ccc(-c2c(-c3ccccc3)c(-c3ccccc3)c3c4cc(-c5ccc6ccc7cccc8ccc5c6c78)ccc4c4ccc(-c5ccc6ccc7cccc8ccc5c6c78)cc4c3c2-c2ccccc2)cc1. The highest BCUT2D eigenvalue weighted by Crippen LogP contribution is 2.56. The minimum absolute atomic E-state index is 1.18. The van der Waals surface area contributed by atoms with Gasteiger partial charge in [-0.3, -0.25) is 0 Å². The van der Waals surface area contributed by atoms with Crippen molar-refractivity contribution in [2.45, 2.75) is 0 Å². The summed E-state index contributed by atoms with van der Waals surface area (Å²) in [5.74, 6) is 0. The second kappa shape index (κ2) is 15.9. The standard InChI is InChI=1S/C74H44/c1-5-15-45(16-6-1)69-70(46-17-7-2-8-18-46)72(48-21-11-4-12-22-48)74-64-44-56(58-38-32-54-30-28-50-24-14-26-52-34-42-62(58)68(54)66(50)52)36-40-60(64)59-39-35-55(43-63(59)73(74)71(69)47-19-9-3-10-20-47)57-37-31-53-29-27-49-23-13-25-51-33-41-61(57)67(53)65(49)51/h1-44H. The van der Waals surface area contributed by atoms with Crippen LogP contribution in [0.3, 0.4) is 0 Å². The summed E-state index contributed by atoms with van der Waals surface area (Å²) >= 11 is 0. The summed E-state index contributed by atoms with van der Waals surface area (Å²) in [7, 11) is 0. The summed E-state index contributed by atoms with van der Waals surface area (Å²) in [4.78, 5) is 0. The Morgan fingerprint density at radius 3 is 0.811 bits per heavy atom. The van der Waals surface area contributed by atoms with Crippen LogP contribution >= 0.6 is 0 Å². The van der Waals surface area contributed by atoms with Gasteiger partial charge in [0.2, 0.25) is 0 Å². The molecule has 0 atom stereocenters. The third-order valence-corrected chi connectivity index (χ3v) is 16.3. The van der Waals surface area contributed by atoms with Crippen LogP contribution in [0.2, 0.25) is 0 Å². The summed E-state index contributed by atoms with van der Waals surface area (Å²) in [5, 5.41) is 23.0. The van der Waals surface area contributed by atoms with E-state index in [4.69, 9.17) is 0 Å². The minimum atomic E-state index is 1.18. The van der Waals surface area contributed by atoms with Gasteiger partial charge < -0.3 is 0 Å². The zero-order valence-electron chi connectivity index (χ0n) is 40.4. The van der Waals surface area contributed by atoms with Gasteiger partial charge in [-0.05, 0) is 176 Å². The fraction of sp³-hybridized carbons (Fsp3) is 0. The Morgan fingerprint density at radius 1 is 0.149 bits per heavy atom. The van der Waals surface area contributed by atoms with Gasteiger partial charge in [0.1, 0.15) is 0 Å². The highest BCUT2D eigenvalue weighted by molar-refractivity contribution is 6.36. The van der Waals surface area contributed by atoms with Crippen molar-refractivity contribution >= 4 is 97.0 Å². The average Bonchev–Trinajstić information content (AvgIpc) is 3.48. The van der Waals surface area contributed by atoms with Crippen molar-refractivity contribution in [2.24, 2.45) is 0 Å². The van der Waals surface area contributed by atoms with Gasteiger partial charge in [-0.1, -0.05) is 255 Å². The lowest BCUT2D eigenvalue weighted by Gasteiger charge is -2.27. The molecule has 0 aromatic heterocycles. The topological polar surface area (TPSA) is 0 Å². The number of hydrogen-bond acceptors (Lipinski definition) is 0. The monoisotopic (exact) mass is 932 g/mol. The molecule has 0 fully saturated rings. The molecule has 0 amide bonds. The normalized spacial score (nSPS) is 12.1. The van der Waals surface area contributed by atoms with E-state index in [1.54, 1.807) is 0 Å². The Balaban J connectivity index is 1.12. The predicted molar refractivity (Wildman–Crippen MR) is 319 cm³/mol. The summed E-state index contributed by atoms with van der Waals surface area (Å²) in [5.41, 5.74) is 14.5. The van der Waals surface area contributed by atoms with Gasteiger partial charge in [-0.25, -0.2) is 0 Å². The smallest absolute Gasteiger partial charge is 0.000719 e. The molecule has 340 valence electrons. The third kappa shape index (κ3) is 5.97. The van der Waals surface area contributed by atoms with Gasteiger partial charge >= 0.3 is 0 Å². The molecule has 0 saturated carbocycles. The molecular weight excluding hydrogens is 889 g/mol. The average molecular weight is 933 g/mol. The molecule has 0 heterocycles. The van der Waals surface area contributed by atoms with E-state index < -0.39 is 0 Å². The van der Waals surface area contributed by atoms with Gasteiger partial charge in [0, 0.05) is 0 Å². The molecule has 0 radical (unpaired) electrons. The molecule has 16 rings (SSSR count). The van der Waals surface area contributed by atoms with E-state index in [2.05, 4.69) is 267 Å². The first-order valence-corrected chi connectivity index (χ1v) is 25.8. The van der Waals surface area contributed by atoms with Crippen molar-refractivity contribution in [2.75, 3.05) is 0 Å². The number of rotatable bonds is 6. The summed E-state index contributed by atoms with van der Waals surface area (Å²) in [6.07, 6.45) is 0. The molecule has 0 bridgehead atoms. The van der Waals surface area contributed by atoms with Crippen LogP contribution in [0.1, 0.15) is 0 Å². The number of benzene rings is 16. The molecule has 0 aliphatic carbocycles. The molecule has 0 spiro atoms. The second-order valence-corrected chi connectivity index (χ2v) is 20.2. The number of hydrogen-bond donors (Lipinski definition) is 0. The molecule has 0 nitrogen and oxygen atoms in total. The molecule has 0 aliphatic rings. The van der Waals surface area contributed by atoms with Crippen LogP contribution < -0.4 is 0 Å². The second-order valence-electron chi connectivity index (χ2n) is 20.2. The van der Waals surface area contributed by atoms with Crippen molar-refractivity contribution in [3.8, 4) is 66.8 Å². The van der Waals surface area contributed by atoms with Gasteiger partial charge in [-0.15, -0.1) is 0 Å². The molecule has 0 heteroatoms. The van der Waals surface area contributed by atoms with Gasteiger partial charge in [0.25, 0.3) is 0 Å². The van der Waals surface area contributed by atoms with Crippen LogP contribution in [0.25, 0.3) is 164 Å². The van der Waals surface area contributed by atoms with E-state index >= 15 is 0 Å². The van der Waals surface area contributed by atoms with E-state index in [9.17, 15) is 0 Å². The Hall–Kier alpha value is -9.62. The maximum Gasteiger partial charge on any atom is -0.000719 e. The molecule has 0 aliphatic heterocycles. The molecule has 16 aromatic rings. The summed E-state index contributed by atoms with van der Waals surface area (Å²) in [6, 6.07) is 100. The zero-order chi connectivity index (χ0) is 48.4. The quantitative estimate of drug-likeness (QED) is 0.146. The molecule has 0 saturated heterocycles. The molecule has 16 aromatic carbocycles. The Bertz CT molecular complexity index is 4550. The van der Waals surface area contributed by atoms with E-state index in [1.807, 2.05) is 0 Å². The van der Waals surface area contributed by atoms with Crippen LogP contribution in [0.5, 0.6) is 0 Å². The molecule has 0 unspecified atom stereocenters. The van der Waals surface area contributed by atoms with Gasteiger partial charge in [0.15, 0.2) is 0 Å². The first-order valence-electron chi connectivity index (χ1n) is 25.8. The van der Waals surface area contributed by atoms with Crippen LogP contribution in [0.15, 0.2) is 267 Å². The first-order chi connectivity index (χ1) is 36.7. The Labute approximate surface area is 428 Å². The van der Waals surface area contributed by atoms with Crippen LogP contribution in [-0.2, 0) is 0 Å².